The lowest BCUT2D eigenvalue weighted by Gasteiger charge is -2.28. The maximum Gasteiger partial charge on any atom is 0.311 e. The Bertz CT molecular complexity index is 830. The van der Waals surface area contributed by atoms with Crippen LogP contribution in [-0.2, 0) is 27.4 Å². The molecule has 0 saturated carbocycles. The maximum absolute atomic E-state index is 12.0. The van der Waals surface area contributed by atoms with Crippen molar-refractivity contribution >= 4 is 22.9 Å². The van der Waals surface area contributed by atoms with Crippen LogP contribution in [0.25, 0.3) is 11.0 Å². The topological polar surface area (TPSA) is 65.7 Å². The van der Waals surface area contributed by atoms with Gasteiger partial charge in [0, 0.05) is 29.9 Å². The molecule has 1 heterocycles. The van der Waals surface area contributed by atoms with Crippen LogP contribution in [0.4, 0.5) is 0 Å². The molecule has 1 aliphatic rings. The molecular formula is C20H24O5. The van der Waals surface area contributed by atoms with E-state index in [0.717, 1.165) is 46.9 Å². The van der Waals surface area contributed by atoms with E-state index in [1.165, 1.54) is 6.92 Å². The molecule has 25 heavy (non-hydrogen) atoms. The SMILES string of the molecule is CCC(=O)Oc1c2c(c(COC(C)=O)c3c(C)coc13)[C@@H](C)CCC2. The Labute approximate surface area is 147 Å². The van der Waals surface area contributed by atoms with Crippen LogP contribution in [0.3, 0.4) is 0 Å². The third-order valence-electron chi connectivity index (χ3n) is 4.89. The molecule has 1 aliphatic carbocycles. The first-order valence-electron chi connectivity index (χ1n) is 8.83. The van der Waals surface area contributed by atoms with Crippen molar-refractivity contribution in [2.24, 2.45) is 0 Å². The van der Waals surface area contributed by atoms with E-state index in [9.17, 15) is 9.59 Å². The standard InChI is InChI=1S/C20H24O5/c1-5-16(22)25-19-14-8-6-7-11(2)17(14)15(10-23-13(4)21)18-12(3)9-24-20(18)19/h9,11H,5-8,10H2,1-4H3/t11-/m0/s1. The van der Waals surface area contributed by atoms with Gasteiger partial charge in [-0.05, 0) is 43.2 Å². The molecule has 0 amide bonds. The zero-order valence-corrected chi connectivity index (χ0v) is 15.2. The van der Waals surface area contributed by atoms with Gasteiger partial charge in [0.2, 0.25) is 0 Å². The number of fused-ring (bicyclic) bond motifs is 2. The van der Waals surface area contributed by atoms with Crippen LogP contribution in [-0.4, -0.2) is 11.9 Å². The molecule has 2 aromatic rings. The highest BCUT2D eigenvalue weighted by Gasteiger charge is 2.30. The van der Waals surface area contributed by atoms with E-state index < -0.39 is 0 Å². The van der Waals surface area contributed by atoms with Crippen LogP contribution in [0.15, 0.2) is 10.7 Å². The van der Waals surface area contributed by atoms with E-state index in [-0.39, 0.29) is 18.5 Å². The quantitative estimate of drug-likeness (QED) is 0.601. The maximum atomic E-state index is 12.0. The van der Waals surface area contributed by atoms with Gasteiger partial charge in [0.25, 0.3) is 0 Å². The number of furan rings is 1. The van der Waals surface area contributed by atoms with Crippen molar-refractivity contribution in [3.63, 3.8) is 0 Å². The molecule has 0 fully saturated rings. The number of carbonyl (C=O) groups excluding carboxylic acids is 2. The lowest BCUT2D eigenvalue weighted by Crippen LogP contribution is -2.16. The summed E-state index contributed by atoms with van der Waals surface area (Å²) in [5, 5.41) is 0.896. The largest absolute Gasteiger partial charge is 0.461 e. The first-order chi connectivity index (χ1) is 11.9. The van der Waals surface area contributed by atoms with E-state index in [4.69, 9.17) is 13.9 Å². The van der Waals surface area contributed by atoms with Gasteiger partial charge < -0.3 is 13.9 Å². The minimum Gasteiger partial charge on any atom is -0.461 e. The van der Waals surface area contributed by atoms with Gasteiger partial charge in [0.15, 0.2) is 11.3 Å². The summed E-state index contributed by atoms with van der Waals surface area (Å²) in [7, 11) is 0. The molecular weight excluding hydrogens is 320 g/mol. The lowest BCUT2D eigenvalue weighted by molar-refractivity contribution is -0.142. The smallest absolute Gasteiger partial charge is 0.311 e. The van der Waals surface area contributed by atoms with E-state index >= 15 is 0 Å². The van der Waals surface area contributed by atoms with Crippen LogP contribution >= 0.6 is 0 Å². The molecule has 1 atom stereocenters. The lowest BCUT2D eigenvalue weighted by atomic mass is 9.79. The van der Waals surface area contributed by atoms with Gasteiger partial charge in [0.1, 0.15) is 6.61 Å². The number of hydrogen-bond acceptors (Lipinski definition) is 5. The molecule has 134 valence electrons. The van der Waals surface area contributed by atoms with Crippen molar-refractivity contribution in [3.05, 3.63) is 28.5 Å². The Kier molecular flexibility index (Phi) is 4.84. The summed E-state index contributed by atoms with van der Waals surface area (Å²) in [5.74, 6) is 0.270. The molecule has 0 radical (unpaired) electrons. The molecule has 1 aromatic carbocycles. The fraction of sp³-hybridized carbons (Fsp3) is 0.500. The van der Waals surface area contributed by atoms with Gasteiger partial charge in [-0.1, -0.05) is 13.8 Å². The molecule has 0 aliphatic heterocycles. The number of benzene rings is 1. The number of rotatable bonds is 4. The van der Waals surface area contributed by atoms with Gasteiger partial charge in [-0.25, -0.2) is 0 Å². The number of ether oxygens (including phenoxy) is 2. The molecule has 0 spiro atoms. The summed E-state index contributed by atoms with van der Waals surface area (Å²) < 4.78 is 16.8. The minimum absolute atomic E-state index is 0.209. The van der Waals surface area contributed by atoms with Crippen LogP contribution < -0.4 is 4.74 Å². The molecule has 0 unspecified atom stereocenters. The van der Waals surface area contributed by atoms with E-state index in [1.807, 2.05) is 6.92 Å². The van der Waals surface area contributed by atoms with E-state index in [1.54, 1.807) is 13.2 Å². The molecule has 0 bridgehead atoms. The summed E-state index contributed by atoms with van der Waals surface area (Å²) in [6.45, 7) is 7.51. The van der Waals surface area contributed by atoms with Crippen molar-refractivity contribution in [3.8, 4) is 5.75 Å². The van der Waals surface area contributed by atoms with Crippen LogP contribution in [0.1, 0.15) is 68.2 Å². The summed E-state index contributed by atoms with van der Waals surface area (Å²) in [6.07, 6.45) is 4.89. The second-order valence-electron chi connectivity index (χ2n) is 6.72. The third-order valence-corrected chi connectivity index (χ3v) is 4.89. The number of esters is 2. The Balaban J connectivity index is 2.28. The zero-order chi connectivity index (χ0) is 18.1. The van der Waals surface area contributed by atoms with Crippen molar-refractivity contribution in [1.82, 2.24) is 0 Å². The summed E-state index contributed by atoms with van der Waals surface area (Å²) >= 11 is 0. The highest BCUT2D eigenvalue weighted by atomic mass is 16.5. The predicted molar refractivity (Wildman–Crippen MR) is 93.7 cm³/mol. The van der Waals surface area contributed by atoms with E-state index in [2.05, 4.69) is 6.92 Å². The number of hydrogen-bond donors (Lipinski definition) is 0. The van der Waals surface area contributed by atoms with Crippen molar-refractivity contribution in [1.29, 1.82) is 0 Å². The summed E-state index contributed by atoms with van der Waals surface area (Å²) in [5.41, 5.74) is 4.67. The Morgan fingerprint density at radius 3 is 2.80 bits per heavy atom. The Hall–Kier alpha value is -2.30. The van der Waals surface area contributed by atoms with Crippen LogP contribution in [0.2, 0.25) is 0 Å². The van der Waals surface area contributed by atoms with Gasteiger partial charge in [0.05, 0.1) is 6.26 Å². The minimum atomic E-state index is -0.312. The molecule has 0 N–H and O–H groups in total. The summed E-state index contributed by atoms with van der Waals surface area (Å²) in [6, 6.07) is 0. The fourth-order valence-electron chi connectivity index (χ4n) is 3.75. The Morgan fingerprint density at radius 2 is 2.12 bits per heavy atom. The Morgan fingerprint density at radius 1 is 1.36 bits per heavy atom. The predicted octanol–water partition coefficient (Wildman–Crippen LogP) is 4.56. The second kappa shape index (κ2) is 6.90. The zero-order valence-electron chi connectivity index (χ0n) is 15.2. The molecule has 0 saturated heterocycles. The molecule has 5 heteroatoms. The first-order valence-corrected chi connectivity index (χ1v) is 8.83. The first kappa shape index (κ1) is 17.5. The van der Waals surface area contributed by atoms with Gasteiger partial charge >= 0.3 is 11.9 Å². The van der Waals surface area contributed by atoms with E-state index in [0.29, 0.717) is 23.7 Å². The highest BCUT2D eigenvalue weighted by Crippen LogP contribution is 2.46. The number of aryl methyl sites for hydroxylation is 1. The van der Waals surface area contributed by atoms with Crippen molar-refractivity contribution in [2.75, 3.05) is 0 Å². The third kappa shape index (κ3) is 3.15. The van der Waals surface area contributed by atoms with Gasteiger partial charge in [-0.2, -0.15) is 0 Å². The van der Waals surface area contributed by atoms with Gasteiger partial charge in [-0.3, -0.25) is 9.59 Å². The fourth-order valence-corrected chi connectivity index (χ4v) is 3.75. The number of carbonyl (C=O) groups is 2. The van der Waals surface area contributed by atoms with Crippen LogP contribution in [0.5, 0.6) is 5.75 Å². The average Bonchev–Trinajstić information content (AvgIpc) is 2.96. The second-order valence-corrected chi connectivity index (χ2v) is 6.72. The van der Waals surface area contributed by atoms with Crippen molar-refractivity contribution in [2.45, 2.75) is 65.9 Å². The highest BCUT2D eigenvalue weighted by molar-refractivity contribution is 5.94. The average molecular weight is 344 g/mol. The molecule has 5 nitrogen and oxygen atoms in total. The normalized spacial score (nSPS) is 16.6. The van der Waals surface area contributed by atoms with Gasteiger partial charge in [-0.15, -0.1) is 0 Å². The molecule has 1 aromatic heterocycles. The van der Waals surface area contributed by atoms with Crippen molar-refractivity contribution < 1.29 is 23.5 Å². The van der Waals surface area contributed by atoms with Crippen LogP contribution in [0, 0.1) is 6.92 Å². The molecule has 3 rings (SSSR count). The summed E-state index contributed by atoms with van der Waals surface area (Å²) in [4.78, 5) is 23.3. The monoisotopic (exact) mass is 344 g/mol.